The first-order valence-corrected chi connectivity index (χ1v) is 13.3. The summed E-state index contributed by atoms with van der Waals surface area (Å²) in [7, 11) is 0. The Balaban J connectivity index is 1.53. The zero-order valence-corrected chi connectivity index (χ0v) is 20.8. The standard InChI is InChI=1S/C29H31N3O2S/c1-20-10-5-8-15-25(20)32(27(33)18-21-19-30-24-14-7-6-13-23(21)24)28(26-16-9-17-35-26)29(34)31-22-11-3-2-4-12-22/h5-10,13-17,19,22,28,30H,2-4,11-12,18H2,1H3,(H,31,34)/t28-/m0/s1. The zero-order valence-electron chi connectivity index (χ0n) is 20.0. The summed E-state index contributed by atoms with van der Waals surface area (Å²) < 4.78 is 0. The molecule has 2 aromatic heterocycles. The van der Waals surface area contributed by atoms with E-state index in [1.807, 2.05) is 79.2 Å². The maximum atomic E-state index is 14.1. The Morgan fingerprint density at radius 2 is 1.80 bits per heavy atom. The number of fused-ring (bicyclic) bond motifs is 1. The van der Waals surface area contributed by atoms with Crippen molar-refractivity contribution in [2.24, 2.45) is 0 Å². The van der Waals surface area contributed by atoms with Crippen LogP contribution in [0.1, 0.15) is 54.1 Å². The Morgan fingerprint density at radius 3 is 2.57 bits per heavy atom. The number of rotatable bonds is 7. The molecule has 0 aliphatic heterocycles. The highest BCUT2D eigenvalue weighted by Gasteiger charge is 2.35. The van der Waals surface area contributed by atoms with Gasteiger partial charge in [0.2, 0.25) is 11.8 Å². The van der Waals surface area contributed by atoms with E-state index in [2.05, 4.69) is 10.3 Å². The number of aryl methyl sites for hydroxylation is 1. The summed E-state index contributed by atoms with van der Waals surface area (Å²) in [5.41, 5.74) is 3.67. The number of carbonyl (C=O) groups excluding carboxylic acids is 2. The highest BCUT2D eigenvalue weighted by Crippen LogP contribution is 2.34. The van der Waals surface area contributed by atoms with Gasteiger partial charge in [-0.15, -0.1) is 11.3 Å². The largest absolute Gasteiger partial charge is 0.361 e. The molecule has 2 aromatic carbocycles. The fourth-order valence-electron chi connectivity index (χ4n) is 5.12. The average Bonchev–Trinajstić information content (AvgIpc) is 3.54. The summed E-state index contributed by atoms with van der Waals surface area (Å²) in [4.78, 5) is 33.8. The smallest absolute Gasteiger partial charge is 0.248 e. The lowest BCUT2D eigenvalue weighted by molar-refractivity contribution is -0.127. The van der Waals surface area contributed by atoms with E-state index in [9.17, 15) is 9.59 Å². The molecule has 5 nitrogen and oxygen atoms in total. The fraction of sp³-hybridized carbons (Fsp3) is 0.310. The molecule has 1 saturated carbocycles. The molecule has 4 aromatic rings. The number of aromatic amines is 1. The topological polar surface area (TPSA) is 65.2 Å². The Labute approximate surface area is 210 Å². The molecule has 180 valence electrons. The van der Waals surface area contributed by atoms with E-state index < -0.39 is 6.04 Å². The molecular formula is C29H31N3O2S. The number of nitrogens with one attached hydrogen (secondary N) is 2. The number of thiophene rings is 1. The van der Waals surface area contributed by atoms with Gasteiger partial charge in [0.25, 0.3) is 0 Å². The lowest BCUT2D eigenvalue weighted by Crippen LogP contribution is -2.47. The molecule has 35 heavy (non-hydrogen) atoms. The number of amides is 2. The Kier molecular flexibility index (Phi) is 7.00. The van der Waals surface area contributed by atoms with Crippen LogP contribution in [0.25, 0.3) is 10.9 Å². The van der Waals surface area contributed by atoms with E-state index in [0.717, 1.165) is 58.3 Å². The van der Waals surface area contributed by atoms with Gasteiger partial charge in [0, 0.05) is 33.7 Å². The Hall–Kier alpha value is -3.38. The van der Waals surface area contributed by atoms with Crippen molar-refractivity contribution in [1.29, 1.82) is 0 Å². The van der Waals surface area contributed by atoms with Gasteiger partial charge in [0.05, 0.1) is 6.42 Å². The molecule has 0 spiro atoms. The lowest BCUT2D eigenvalue weighted by atomic mass is 9.95. The first-order chi connectivity index (χ1) is 17.1. The number of aromatic nitrogens is 1. The van der Waals surface area contributed by atoms with Gasteiger partial charge >= 0.3 is 0 Å². The molecule has 0 radical (unpaired) electrons. The molecule has 5 rings (SSSR count). The number of H-pyrrole nitrogens is 1. The monoisotopic (exact) mass is 485 g/mol. The quantitative estimate of drug-likeness (QED) is 0.322. The minimum absolute atomic E-state index is 0.0961. The Bertz CT molecular complexity index is 1300. The van der Waals surface area contributed by atoms with E-state index in [-0.39, 0.29) is 24.3 Å². The van der Waals surface area contributed by atoms with Crippen LogP contribution in [0.5, 0.6) is 0 Å². The maximum absolute atomic E-state index is 14.1. The summed E-state index contributed by atoms with van der Waals surface area (Å²) in [5, 5.41) is 6.29. The number of para-hydroxylation sites is 2. The zero-order chi connectivity index (χ0) is 24.2. The second-order valence-corrected chi connectivity index (χ2v) is 10.3. The van der Waals surface area contributed by atoms with Crippen molar-refractivity contribution in [1.82, 2.24) is 10.3 Å². The van der Waals surface area contributed by atoms with Crippen molar-refractivity contribution < 1.29 is 9.59 Å². The molecule has 1 atom stereocenters. The molecule has 2 amide bonds. The highest BCUT2D eigenvalue weighted by atomic mass is 32.1. The number of hydrogen-bond acceptors (Lipinski definition) is 3. The number of nitrogens with zero attached hydrogens (tertiary/aromatic N) is 1. The van der Waals surface area contributed by atoms with Crippen LogP contribution in [-0.2, 0) is 16.0 Å². The van der Waals surface area contributed by atoms with Gasteiger partial charge in [-0.3, -0.25) is 14.5 Å². The number of hydrogen-bond donors (Lipinski definition) is 2. The summed E-state index contributed by atoms with van der Waals surface area (Å²) in [6.45, 7) is 1.99. The van der Waals surface area contributed by atoms with Crippen LogP contribution in [0.4, 0.5) is 5.69 Å². The summed E-state index contributed by atoms with van der Waals surface area (Å²) in [6.07, 6.45) is 7.59. The minimum atomic E-state index is -0.712. The van der Waals surface area contributed by atoms with Gasteiger partial charge < -0.3 is 10.3 Å². The normalized spacial score (nSPS) is 15.1. The van der Waals surface area contributed by atoms with E-state index in [0.29, 0.717) is 0 Å². The summed E-state index contributed by atoms with van der Waals surface area (Å²) in [5.74, 6) is -0.198. The predicted octanol–water partition coefficient (Wildman–Crippen LogP) is 6.30. The first kappa shape index (κ1) is 23.4. The lowest BCUT2D eigenvalue weighted by Gasteiger charge is -2.33. The van der Waals surface area contributed by atoms with Crippen LogP contribution >= 0.6 is 11.3 Å². The molecule has 1 aliphatic rings. The second-order valence-electron chi connectivity index (χ2n) is 9.35. The number of anilines is 1. The molecular weight excluding hydrogens is 454 g/mol. The Morgan fingerprint density at radius 1 is 1.03 bits per heavy atom. The molecule has 2 N–H and O–H groups in total. The van der Waals surface area contributed by atoms with E-state index >= 15 is 0 Å². The highest BCUT2D eigenvalue weighted by molar-refractivity contribution is 7.10. The average molecular weight is 486 g/mol. The van der Waals surface area contributed by atoms with Crippen LogP contribution in [-0.4, -0.2) is 22.8 Å². The first-order valence-electron chi connectivity index (χ1n) is 12.4. The van der Waals surface area contributed by atoms with Crippen molar-refractivity contribution >= 4 is 39.7 Å². The molecule has 2 heterocycles. The molecule has 1 fully saturated rings. The van der Waals surface area contributed by atoms with Crippen molar-refractivity contribution in [3.8, 4) is 0 Å². The van der Waals surface area contributed by atoms with E-state index in [4.69, 9.17) is 0 Å². The van der Waals surface area contributed by atoms with Gasteiger partial charge in [0.15, 0.2) is 0 Å². The van der Waals surface area contributed by atoms with Crippen LogP contribution in [0.3, 0.4) is 0 Å². The summed E-state index contributed by atoms with van der Waals surface area (Å²) >= 11 is 1.52. The number of carbonyl (C=O) groups is 2. The second kappa shape index (κ2) is 10.5. The van der Waals surface area contributed by atoms with Crippen molar-refractivity contribution in [3.05, 3.63) is 88.2 Å². The fourth-order valence-corrected chi connectivity index (χ4v) is 5.94. The van der Waals surface area contributed by atoms with Crippen LogP contribution in [0, 0.1) is 6.92 Å². The molecule has 1 aliphatic carbocycles. The maximum Gasteiger partial charge on any atom is 0.248 e. The molecule has 0 unspecified atom stereocenters. The van der Waals surface area contributed by atoms with Gasteiger partial charge in [-0.2, -0.15) is 0 Å². The van der Waals surface area contributed by atoms with Crippen LogP contribution in [0.2, 0.25) is 0 Å². The van der Waals surface area contributed by atoms with Crippen molar-refractivity contribution in [2.45, 2.75) is 57.5 Å². The third kappa shape index (κ3) is 5.03. The predicted molar refractivity (Wildman–Crippen MR) is 143 cm³/mol. The van der Waals surface area contributed by atoms with Gasteiger partial charge in [-0.25, -0.2) is 0 Å². The van der Waals surface area contributed by atoms with Gasteiger partial charge in [0.1, 0.15) is 6.04 Å². The minimum Gasteiger partial charge on any atom is -0.361 e. The molecule has 0 saturated heterocycles. The third-order valence-electron chi connectivity index (χ3n) is 6.93. The SMILES string of the molecule is Cc1ccccc1N(C(=O)Cc1c[nH]c2ccccc12)[C@H](C(=O)NC1CCCCC1)c1cccs1. The van der Waals surface area contributed by atoms with Gasteiger partial charge in [-0.05, 0) is 54.5 Å². The number of benzene rings is 2. The van der Waals surface area contributed by atoms with E-state index in [1.54, 1.807) is 4.90 Å². The van der Waals surface area contributed by atoms with E-state index in [1.165, 1.54) is 17.8 Å². The molecule has 6 heteroatoms. The third-order valence-corrected chi connectivity index (χ3v) is 7.86. The summed E-state index contributed by atoms with van der Waals surface area (Å²) in [6, 6.07) is 19.2. The van der Waals surface area contributed by atoms with Crippen LogP contribution < -0.4 is 10.2 Å². The van der Waals surface area contributed by atoms with Crippen molar-refractivity contribution in [3.63, 3.8) is 0 Å². The van der Waals surface area contributed by atoms with Crippen LogP contribution in [0.15, 0.2) is 72.2 Å². The van der Waals surface area contributed by atoms with Gasteiger partial charge in [-0.1, -0.05) is 61.7 Å². The van der Waals surface area contributed by atoms with Crippen molar-refractivity contribution in [2.75, 3.05) is 4.90 Å². The molecule has 0 bridgehead atoms.